The third kappa shape index (κ3) is 5.56. The lowest BCUT2D eigenvalue weighted by molar-refractivity contribution is 0.237. The lowest BCUT2D eigenvalue weighted by Crippen LogP contribution is -2.52. The number of hydrogen-bond acceptors (Lipinski definition) is 5. The van der Waals surface area contributed by atoms with E-state index in [1.165, 1.54) is 48.5 Å². The monoisotopic (exact) mass is 438 g/mol. The van der Waals surface area contributed by atoms with Crippen LogP contribution < -0.4 is 20.5 Å². The Labute approximate surface area is 159 Å². The van der Waals surface area contributed by atoms with Crippen molar-refractivity contribution in [2.75, 3.05) is 0 Å². The Kier molecular flexibility index (Phi) is 6.44. The standard InChI is InChI=1S/C13H12Cl2N4O5S2/c14-9-1-5-11(6-2-9)25(21,22)18-16-13(20)17-19-26(23,24)12-7-3-10(15)4-8-12/h1-8,18-19H,(H2,16,17,20). The summed E-state index contributed by atoms with van der Waals surface area (Å²) < 4.78 is 47.8. The van der Waals surface area contributed by atoms with Crippen LogP contribution in [0.15, 0.2) is 58.3 Å². The summed E-state index contributed by atoms with van der Waals surface area (Å²) in [4.78, 5) is 14.9. The zero-order valence-corrected chi connectivity index (χ0v) is 15.9. The van der Waals surface area contributed by atoms with Crippen molar-refractivity contribution in [2.24, 2.45) is 0 Å². The van der Waals surface area contributed by atoms with E-state index < -0.39 is 26.1 Å². The van der Waals surface area contributed by atoms with Crippen LogP contribution in [0.3, 0.4) is 0 Å². The van der Waals surface area contributed by atoms with E-state index in [9.17, 15) is 21.6 Å². The predicted octanol–water partition coefficient (Wildman–Crippen LogP) is 1.38. The van der Waals surface area contributed by atoms with Crippen molar-refractivity contribution in [3.8, 4) is 0 Å². The molecule has 0 fully saturated rings. The summed E-state index contributed by atoms with van der Waals surface area (Å²) in [5.74, 6) is 0. The van der Waals surface area contributed by atoms with E-state index in [1.807, 2.05) is 0 Å². The molecule has 0 aliphatic rings. The highest BCUT2D eigenvalue weighted by atomic mass is 35.5. The van der Waals surface area contributed by atoms with Crippen molar-refractivity contribution in [2.45, 2.75) is 9.79 Å². The third-order valence-electron chi connectivity index (χ3n) is 2.85. The zero-order valence-electron chi connectivity index (χ0n) is 12.7. The van der Waals surface area contributed by atoms with Gasteiger partial charge in [0.05, 0.1) is 9.79 Å². The molecule has 9 nitrogen and oxygen atoms in total. The van der Waals surface area contributed by atoms with Crippen molar-refractivity contribution in [1.29, 1.82) is 0 Å². The van der Waals surface area contributed by atoms with Gasteiger partial charge in [0.1, 0.15) is 0 Å². The zero-order chi connectivity index (χ0) is 19.4. The maximum Gasteiger partial charge on any atom is 0.345 e. The number of hydrazine groups is 2. The van der Waals surface area contributed by atoms with E-state index in [1.54, 1.807) is 20.5 Å². The maximum atomic E-state index is 12.0. The van der Waals surface area contributed by atoms with Crippen LogP contribution in [0, 0.1) is 0 Å². The predicted molar refractivity (Wildman–Crippen MR) is 95.2 cm³/mol. The first-order valence-electron chi connectivity index (χ1n) is 6.71. The quantitative estimate of drug-likeness (QED) is 0.505. The van der Waals surface area contributed by atoms with Gasteiger partial charge in [-0.05, 0) is 48.5 Å². The number of amides is 2. The third-order valence-corrected chi connectivity index (χ3v) is 5.88. The minimum Gasteiger partial charge on any atom is -0.258 e. The minimum absolute atomic E-state index is 0.149. The second kappa shape index (κ2) is 8.20. The van der Waals surface area contributed by atoms with Gasteiger partial charge in [-0.3, -0.25) is 10.9 Å². The van der Waals surface area contributed by atoms with Gasteiger partial charge in [-0.1, -0.05) is 23.2 Å². The van der Waals surface area contributed by atoms with E-state index in [0.717, 1.165) is 0 Å². The highest BCUT2D eigenvalue weighted by Crippen LogP contribution is 2.14. The molecule has 13 heteroatoms. The first-order chi connectivity index (χ1) is 12.1. The number of halogens is 2. The molecule has 4 N–H and O–H groups in total. The Hall–Kier alpha value is -1.89. The SMILES string of the molecule is O=C(NNS(=O)(=O)c1ccc(Cl)cc1)NNS(=O)(=O)c1ccc(Cl)cc1. The van der Waals surface area contributed by atoms with Crippen molar-refractivity contribution < 1.29 is 21.6 Å². The van der Waals surface area contributed by atoms with E-state index >= 15 is 0 Å². The normalized spacial score (nSPS) is 11.8. The van der Waals surface area contributed by atoms with E-state index in [0.29, 0.717) is 10.0 Å². The number of hydrogen-bond donors (Lipinski definition) is 4. The van der Waals surface area contributed by atoms with Gasteiger partial charge in [-0.2, -0.15) is 0 Å². The number of sulfonamides is 2. The smallest absolute Gasteiger partial charge is 0.258 e. The van der Waals surface area contributed by atoms with Gasteiger partial charge in [-0.25, -0.2) is 21.6 Å². The molecule has 26 heavy (non-hydrogen) atoms. The number of nitrogens with one attached hydrogen (secondary N) is 4. The van der Waals surface area contributed by atoms with Crippen LogP contribution in [-0.2, 0) is 20.0 Å². The van der Waals surface area contributed by atoms with Crippen LogP contribution in [0.4, 0.5) is 4.79 Å². The molecule has 0 aliphatic carbocycles. The molecular formula is C13H12Cl2N4O5S2. The van der Waals surface area contributed by atoms with Crippen LogP contribution >= 0.6 is 23.2 Å². The summed E-state index contributed by atoms with van der Waals surface area (Å²) in [6.07, 6.45) is 0. The maximum absolute atomic E-state index is 12.0. The lowest BCUT2D eigenvalue weighted by Gasteiger charge is -2.11. The van der Waals surface area contributed by atoms with Crippen LogP contribution in [-0.4, -0.2) is 22.9 Å². The second-order valence-corrected chi connectivity index (χ2v) is 8.94. The number of urea groups is 1. The van der Waals surface area contributed by atoms with Gasteiger partial charge < -0.3 is 0 Å². The molecule has 140 valence electrons. The Morgan fingerprint density at radius 3 is 1.27 bits per heavy atom. The highest BCUT2D eigenvalue weighted by molar-refractivity contribution is 7.89. The summed E-state index contributed by atoms with van der Waals surface area (Å²) in [5.41, 5.74) is 3.60. The molecule has 0 aliphatic heterocycles. The summed E-state index contributed by atoms with van der Waals surface area (Å²) in [7, 11) is -8.11. The molecule has 0 bridgehead atoms. The Morgan fingerprint density at radius 1 is 0.654 bits per heavy atom. The summed E-state index contributed by atoms with van der Waals surface area (Å²) in [6.45, 7) is 0. The topological polar surface area (TPSA) is 133 Å². The summed E-state index contributed by atoms with van der Waals surface area (Å²) >= 11 is 11.3. The minimum atomic E-state index is -4.06. The first kappa shape index (κ1) is 20.4. The van der Waals surface area contributed by atoms with Crippen LogP contribution in [0.2, 0.25) is 10.0 Å². The van der Waals surface area contributed by atoms with Gasteiger partial charge in [0, 0.05) is 10.0 Å². The van der Waals surface area contributed by atoms with Crippen molar-refractivity contribution in [1.82, 2.24) is 20.5 Å². The Balaban J connectivity index is 1.92. The molecule has 0 aromatic heterocycles. The molecule has 2 amide bonds. The fraction of sp³-hybridized carbons (Fsp3) is 0. The molecule has 2 aromatic rings. The number of carbonyl (C=O) groups excluding carboxylic acids is 1. The van der Waals surface area contributed by atoms with Crippen molar-refractivity contribution >= 4 is 49.3 Å². The van der Waals surface area contributed by atoms with Gasteiger partial charge in [0.15, 0.2) is 0 Å². The van der Waals surface area contributed by atoms with Gasteiger partial charge in [0.25, 0.3) is 20.0 Å². The molecule has 0 atom stereocenters. The average Bonchev–Trinajstić information content (AvgIpc) is 2.59. The van der Waals surface area contributed by atoms with Crippen molar-refractivity contribution in [3.63, 3.8) is 0 Å². The molecule has 2 rings (SSSR count). The molecule has 0 heterocycles. The molecule has 0 unspecified atom stereocenters. The Morgan fingerprint density at radius 2 is 0.962 bits per heavy atom. The van der Waals surface area contributed by atoms with Gasteiger partial charge in [-0.15, -0.1) is 9.66 Å². The van der Waals surface area contributed by atoms with Crippen LogP contribution in [0.1, 0.15) is 0 Å². The van der Waals surface area contributed by atoms with Gasteiger partial charge in [0.2, 0.25) is 0 Å². The first-order valence-corrected chi connectivity index (χ1v) is 10.4. The average molecular weight is 439 g/mol. The van der Waals surface area contributed by atoms with Crippen LogP contribution in [0.25, 0.3) is 0 Å². The summed E-state index contributed by atoms with van der Waals surface area (Å²) in [6, 6.07) is 9.20. The van der Waals surface area contributed by atoms with E-state index in [4.69, 9.17) is 23.2 Å². The number of carbonyl (C=O) groups is 1. The largest absolute Gasteiger partial charge is 0.345 e. The molecule has 0 saturated heterocycles. The van der Waals surface area contributed by atoms with Gasteiger partial charge >= 0.3 is 6.03 Å². The second-order valence-electron chi connectivity index (χ2n) is 4.70. The summed E-state index contributed by atoms with van der Waals surface area (Å²) in [5, 5.41) is 0.678. The molecule has 0 saturated carbocycles. The fourth-order valence-corrected chi connectivity index (χ4v) is 3.53. The number of rotatable bonds is 6. The molecule has 2 aromatic carbocycles. The number of benzene rings is 2. The van der Waals surface area contributed by atoms with Crippen molar-refractivity contribution in [3.05, 3.63) is 58.6 Å². The molecule has 0 radical (unpaired) electrons. The Bertz CT molecular complexity index is 912. The fourth-order valence-electron chi connectivity index (χ4n) is 1.60. The molecular weight excluding hydrogens is 427 g/mol. The van der Waals surface area contributed by atoms with E-state index in [2.05, 4.69) is 0 Å². The lowest BCUT2D eigenvalue weighted by atomic mass is 10.4. The van der Waals surface area contributed by atoms with Crippen LogP contribution in [0.5, 0.6) is 0 Å². The highest BCUT2D eigenvalue weighted by Gasteiger charge is 2.17. The van der Waals surface area contributed by atoms with E-state index in [-0.39, 0.29) is 9.79 Å². The molecule has 0 spiro atoms.